The Kier molecular flexibility index (Phi) is 4.23. The Labute approximate surface area is 145 Å². The van der Waals surface area contributed by atoms with Crippen LogP contribution in [0.5, 0.6) is 5.75 Å². The van der Waals surface area contributed by atoms with E-state index in [1.165, 1.54) is 6.33 Å². The van der Waals surface area contributed by atoms with E-state index in [-0.39, 0.29) is 6.04 Å². The highest BCUT2D eigenvalue weighted by atomic mass is 16.5. The van der Waals surface area contributed by atoms with Crippen LogP contribution in [0.1, 0.15) is 12.8 Å². The Bertz CT molecular complexity index is 852. The summed E-state index contributed by atoms with van der Waals surface area (Å²) in [5, 5.41) is 14.8. The number of rotatable bonds is 5. The Balaban J connectivity index is 1.53. The number of aliphatic hydroxyl groups is 1. The van der Waals surface area contributed by atoms with Crippen molar-refractivity contribution in [3.63, 3.8) is 0 Å². The Hall–Kier alpha value is -2.67. The number of para-hydroxylation sites is 1. The van der Waals surface area contributed by atoms with Crippen molar-refractivity contribution >= 4 is 16.7 Å². The van der Waals surface area contributed by atoms with Crippen LogP contribution in [0.2, 0.25) is 0 Å². The van der Waals surface area contributed by atoms with Crippen molar-refractivity contribution in [2.75, 3.05) is 12.4 Å². The van der Waals surface area contributed by atoms with Crippen molar-refractivity contribution in [3.8, 4) is 5.75 Å². The number of hydrogen-bond acceptors (Lipinski definition) is 6. The fourth-order valence-electron chi connectivity index (χ4n) is 3.63. The zero-order chi connectivity index (χ0) is 17.2. The maximum atomic E-state index is 10.5. The number of benzene rings is 1. The molecule has 2 heterocycles. The Morgan fingerprint density at radius 2 is 2.24 bits per heavy atom. The van der Waals surface area contributed by atoms with Crippen LogP contribution < -0.4 is 10.1 Å². The van der Waals surface area contributed by atoms with Gasteiger partial charge in [0, 0.05) is 24.3 Å². The van der Waals surface area contributed by atoms with Gasteiger partial charge >= 0.3 is 0 Å². The molecule has 7 nitrogen and oxygen atoms in total. The minimum atomic E-state index is -0.399. The van der Waals surface area contributed by atoms with Gasteiger partial charge in [-0.15, -0.1) is 0 Å². The highest BCUT2D eigenvalue weighted by Crippen LogP contribution is 2.32. The monoisotopic (exact) mass is 339 g/mol. The number of aliphatic hydroxyl groups excluding tert-OH is 1. The fraction of sp³-hybridized carbons (Fsp3) is 0.389. The third kappa shape index (κ3) is 3.15. The Morgan fingerprint density at radius 1 is 1.32 bits per heavy atom. The molecule has 2 aromatic heterocycles. The van der Waals surface area contributed by atoms with Gasteiger partial charge in [-0.05, 0) is 30.9 Å². The molecular weight excluding hydrogens is 318 g/mol. The molecule has 3 aromatic rings. The smallest absolute Gasteiger partial charge is 0.145 e. The summed E-state index contributed by atoms with van der Waals surface area (Å²) in [6.45, 7) is 0.869. The number of nitrogens with zero attached hydrogens (tertiary/aromatic N) is 4. The van der Waals surface area contributed by atoms with Crippen LogP contribution in [-0.4, -0.2) is 43.9 Å². The average molecular weight is 339 g/mol. The quantitative estimate of drug-likeness (QED) is 0.740. The van der Waals surface area contributed by atoms with E-state index in [2.05, 4.69) is 24.8 Å². The van der Waals surface area contributed by atoms with E-state index in [4.69, 9.17) is 4.74 Å². The lowest BCUT2D eigenvalue weighted by Crippen LogP contribution is -2.28. The lowest BCUT2D eigenvalue weighted by molar-refractivity contribution is 0.166. The van der Waals surface area contributed by atoms with Gasteiger partial charge in [0.05, 0.1) is 25.6 Å². The van der Waals surface area contributed by atoms with E-state index in [9.17, 15) is 5.11 Å². The molecular formula is C18H21N5O2. The lowest BCUT2D eigenvalue weighted by atomic mass is 10.1. The van der Waals surface area contributed by atoms with Gasteiger partial charge in [-0.2, -0.15) is 0 Å². The molecule has 7 heteroatoms. The van der Waals surface area contributed by atoms with Crippen LogP contribution in [0.3, 0.4) is 0 Å². The highest BCUT2D eigenvalue weighted by molar-refractivity contribution is 5.92. The molecule has 0 spiro atoms. The third-order valence-corrected chi connectivity index (χ3v) is 4.82. The van der Waals surface area contributed by atoms with Crippen molar-refractivity contribution in [3.05, 3.63) is 43.2 Å². The molecule has 0 bridgehead atoms. The molecule has 130 valence electrons. The molecule has 3 atom stereocenters. The second-order valence-electron chi connectivity index (χ2n) is 6.49. The van der Waals surface area contributed by atoms with Gasteiger partial charge in [0.25, 0.3) is 0 Å². The van der Waals surface area contributed by atoms with Gasteiger partial charge < -0.3 is 19.7 Å². The van der Waals surface area contributed by atoms with Crippen molar-refractivity contribution < 1.29 is 9.84 Å². The van der Waals surface area contributed by atoms with Crippen molar-refractivity contribution in [1.82, 2.24) is 19.5 Å². The van der Waals surface area contributed by atoms with Crippen LogP contribution in [0.15, 0.2) is 43.2 Å². The number of fused-ring (bicyclic) bond motifs is 1. The van der Waals surface area contributed by atoms with Gasteiger partial charge in [0.1, 0.15) is 23.4 Å². The van der Waals surface area contributed by atoms with E-state index in [0.717, 1.165) is 36.1 Å². The molecule has 1 aliphatic rings. The number of anilines is 1. The first-order valence-electron chi connectivity index (χ1n) is 8.42. The molecule has 1 saturated carbocycles. The minimum absolute atomic E-state index is 0.0298. The summed E-state index contributed by atoms with van der Waals surface area (Å²) < 4.78 is 7.43. The summed E-state index contributed by atoms with van der Waals surface area (Å²) in [4.78, 5) is 12.8. The van der Waals surface area contributed by atoms with Gasteiger partial charge in [0.2, 0.25) is 0 Å². The van der Waals surface area contributed by atoms with Crippen LogP contribution in [0.25, 0.3) is 10.9 Å². The lowest BCUT2D eigenvalue weighted by Gasteiger charge is -2.18. The van der Waals surface area contributed by atoms with Crippen LogP contribution in [0.4, 0.5) is 5.82 Å². The molecule has 1 fully saturated rings. The summed E-state index contributed by atoms with van der Waals surface area (Å²) in [6, 6.07) is 5.73. The van der Waals surface area contributed by atoms with E-state index in [1.807, 2.05) is 30.7 Å². The number of nitrogens with one attached hydrogen (secondary N) is 1. The number of imidazole rings is 1. The predicted octanol–water partition coefficient (Wildman–Crippen LogP) is 2.09. The van der Waals surface area contributed by atoms with Crippen molar-refractivity contribution in [2.45, 2.75) is 31.5 Å². The molecule has 0 amide bonds. The molecule has 0 aliphatic heterocycles. The fourth-order valence-corrected chi connectivity index (χ4v) is 3.63. The molecule has 0 saturated heterocycles. The molecule has 2 N–H and O–H groups in total. The molecule has 1 aromatic carbocycles. The van der Waals surface area contributed by atoms with E-state index >= 15 is 0 Å². The SMILES string of the molecule is COc1cccc2c(N[C@@H]3CC(Cn4ccnc4)C[C@H]3O)ncnc12. The summed E-state index contributed by atoms with van der Waals surface area (Å²) in [6.07, 6.45) is 8.33. The second-order valence-corrected chi connectivity index (χ2v) is 6.49. The summed E-state index contributed by atoms with van der Waals surface area (Å²) in [7, 11) is 1.63. The largest absolute Gasteiger partial charge is 0.494 e. The maximum Gasteiger partial charge on any atom is 0.145 e. The maximum absolute atomic E-state index is 10.5. The number of aromatic nitrogens is 4. The van der Waals surface area contributed by atoms with Crippen molar-refractivity contribution in [2.24, 2.45) is 5.92 Å². The number of ether oxygens (including phenoxy) is 1. The van der Waals surface area contributed by atoms with Gasteiger partial charge in [-0.3, -0.25) is 0 Å². The topological polar surface area (TPSA) is 85.1 Å². The predicted molar refractivity (Wildman–Crippen MR) is 94.5 cm³/mol. The summed E-state index contributed by atoms with van der Waals surface area (Å²) >= 11 is 0. The molecule has 1 unspecified atom stereocenters. The first-order chi connectivity index (χ1) is 12.2. The first-order valence-corrected chi connectivity index (χ1v) is 8.42. The average Bonchev–Trinajstić information content (AvgIpc) is 3.25. The summed E-state index contributed by atoms with van der Waals surface area (Å²) in [5.74, 6) is 1.86. The summed E-state index contributed by atoms with van der Waals surface area (Å²) in [5.41, 5.74) is 0.768. The molecule has 1 aliphatic carbocycles. The second kappa shape index (κ2) is 6.68. The molecule has 4 rings (SSSR count). The Morgan fingerprint density at radius 3 is 3.04 bits per heavy atom. The van der Waals surface area contributed by atoms with Gasteiger partial charge in [0.15, 0.2) is 0 Å². The number of methoxy groups -OCH3 is 1. The zero-order valence-electron chi connectivity index (χ0n) is 14.0. The highest BCUT2D eigenvalue weighted by Gasteiger charge is 2.33. The third-order valence-electron chi connectivity index (χ3n) is 4.82. The van der Waals surface area contributed by atoms with E-state index in [1.54, 1.807) is 13.3 Å². The van der Waals surface area contributed by atoms with Crippen molar-refractivity contribution in [1.29, 1.82) is 0 Å². The first kappa shape index (κ1) is 15.8. The van der Waals surface area contributed by atoms with Crippen LogP contribution >= 0.6 is 0 Å². The zero-order valence-corrected chi connectivity index (χ0v) is 14.0. The molecule has 25 heavy (non-hydrogen) atoms. The van der Waals surface area contributed by atoms with Crippen LogP contribution in [0, 0.1) is 5.92 Å². The standard InChI is InChI=1S/C18H21N5O2/c1-25-16-4-2-3-13-17(16)20-10-21-18(13)22-14-7-12(8-15(14)24)9-23-6-5-19-11-23/h2-6,10-12,14-15,24H,7-9H2,1H3,(H,20,21,22)/t12?,14-,15-/m1/s1. The molecule has 0 radical (unpaired) electrons. The van der Waals surface area contributed by atoms with E-state index < -0.39 is 6.10 Å². The van der Waals surface area contributed by atoms with Crippen LogP contribution in [-0.2, 0) is 6.54 Å². The number of hydrogen-bond donors (Lipinski definition) is 2. The normalized spacial score (nSPS) is 23.0. The minimum Gasteiger partial charge on any atom is -0.494 e. The van der Waals surface area contributed by atoms with Gasteiger partial charge in [-0.25, -0.2) is 15.0 Å². The van der Waals surface area contributed by atoms with E-state index in [0.29, 0.717) is 11.7 Å². The van der Waals surface area contributed by atoms with Gasteiger partial charge in [-0.1, -0.05) is 6.07 Å².